The van der Waals surface area contributed by atoms with Gasteiger partial charge < -0.3 is 0 Å². The molecule has 0 saturated carbocycles. The number of hydrogen-bond acceptors (Lipinski definition) is 1. The molecule has 2 aromatic rings. The van der Waals surface area contributed by atoms with Gasteiger partial charge in [0, 0.05) is 22.5 Å². The Labute approximate surface area is 102 Å². The summed E-state index contributed by atoms with van der Waals surface area (Å²) in [5, 5.41) is 2.58. The minimum atomic E-state index is 0.745. The Hall–Kier alpha value is -0.860. The fraction of sp³-hybridized carbons (Fsp3) is 0.0833. The molecule has 0 aliphatic heterocycles. The zero-order chi connectivity index (χ0) is 10.7. The Morgan fingerprint density at radius 2 is 2.20 bits per heavy atom. The van der Waals surface area contributed by atoms with Gasteiger partial charge in [0.05, 0.1) is 10.5 Å². The van der Waals surface area contributed by atoms with Gasteiger partial charge in [-0.2, -0.15) is 0 Å². The lowest BCUT2D eigenvalue weighted by molar-refractivity contribution is 1.40. The second-order valence-corrected chi connectivity index (χ2v) is 4.15. The number of alkyl halides is 1. The molecule has 0 unspecified atom stereocenters. The van der Waals surface area contributed by atoms with Crippen LogP contribution in [0.15, 0.2) is 36.5 Å². The van der Waals surface area contributed by atoms with Gasteiger partial charge in [0.1, 0.15) is 0 Å². The summed E-state index contributed by atoms with van der Waals surface area (Å²) in [4.78, 5) is 4.34. The summed E-state index contributed by atoms with van der Waals surface area (Å²) in [6.45, 7) is 0. The maximum atomic E-state index is 6.09. The molecule has 0 saturated heterocycles. The maximum absolute atomic E-state index is 6.09. The number of aromatic nitrogens is 1. The molecule has 1 aromatic heterocycles. The van der Waals surface area contributed by atoms with Crippen LogP contribution in [0.3, 0.4) is 0 Å². The molecule has 15 heavy (non-hydrogen) atoms. The molecule has 1 heterocycles. The minimum Gasteiger partial charge on any atom is -0.256 e. The first-order valence-electron chi connectivity index (χ1n) is 4.58. The van der Waals surface area contributed by atoms with E-state index in [1.807, 2.05) is 36.4 Å². The lowest BCUT2D eigenvalue weighted by atomic mass is 10.1. The van der Waals surface area contributed by atoms with Crippen molar-refractivity contribution in [3.63, 3.8) is 0 Å². The van der Waals surface area contributed by atoms with Gasteiger partial charge in [-0.1, -0.05) is 45.7 Å². The maximum Gasteiger partial charge on any atom is 0.0789 e. The van der Waals surface area contributed by atoms with Crippen LogP contribution in [-0.4, -0.2) is 10.3 Å². The van der Waals surface area contributed by atoms with E-state index in [2.05, 4.69) is 20.9 Å². The van der Waals surface area contributed by atoms with E-state index < -0.39 is 0 Å². The Kier molecular flexibility index (Phi) is 3.39. The summed E-state index contributed by atoms with van der Waals surface area (Å²) >= 11 is 9.44. The largest absolute Gasteiger partial charge is 0.256 e. The average Bonchev–Trinajstić information content (AvgIpc) is 2.29. The Morgan fingerprint density at radius 3 is 3.00 bits per heavy atom. The van der Waals surface area contributed by atoms with Crippen LogP contribution in [0.25, 0.3) is 17.0 Å². The second kappa shape index (κ2) is 4.77. The summed E-state index contributed by atoms with van der Waals surface area (Å²) < 4.78 is 0. The van der Waals surface area contributed by atoms with Gasteiger partial charge in [0.15, 0.2) is 0 Å². The first-order chi connectivity index (χ1) is 7.33. The van der Waals surface area contributed by atoms with Gasteiger partial charge >= 0.3 is 0 Å². The number of fused-ring (bicyclic) bond motifs is 1. The van der Waals surface area contributed by atoms with E-state index >= 15 is 0 Å². The average molecular weight is 283 g/mol. The Bertz CT molecular complexity index is 508. The van der Waals surface area contributed by atoms with Gasteiger partial charge in [-0.15, -0.1) is 0 Å². The summed E-state index contributed by atoms with van der Waals surface area (Å²) in [7, 11) is 0. The van der Waals surface area contributed by atoms with Gasteiger partial charge in [0.25, 0.3) is 0 Å². The smallest absolute Gasteiger partial charge is 0.0789 e. The second-order valence-electron chi connectivity index (χ2n) is 3.09. The predicted octanol–water partition coefficient (Wildman–Crippen LogP) is 4.30. The van der Waals surface area contributed by atoms with Crippen LogP contribution in [0.4, 0.5) is 0 Å². The minimum absolute atomic E-state index is 0.745. The van der Waals surface area contributed by atoms with E-state index in [4.69, 9.17) is 11.6 Å². The standard InChI is InChI=1S/C12H9BrClN/c13-7-1-3-9-5-6-11(14)10-4-2-8-15-12(9)10/h1-6,8H,7H2/b3-1+. The van der Waals surface area contributed by atoms with E-state index in [1.165, 1.54) is 0 Å². The van der Waals surface area contributed by atoms with Crippen molar-refractivity contribution in [2.24, 2.45) is 0 Å². The van der Waals surface area contributed by atoms with E-state index in [1.54, 1.807) is 6.20 Å². The topological polar surface area (TPSA) is 12.9 Å². The quantitative estimate of drug-likeness (QED) is 0.749. The van der Waals surface area contributed by atoms with Crippen LogP contribution >= 0.6 is 27.5 Å². The van der Waals surface area contributed by atoms with Crippen molar-refractivity contribution in [3.8, 4) is 0 Å². The Morgan fingerprint density at radius 1 is 1.33 bits per heavy atom. The van der Waals surface area contributed by atoms with E-state index in [9.17, 15) is 0 Å². The van der Waals surface area contributed by atoms with Crippen LogP contribution in [-0.2, 0) is 0 Å². The van der Waals surface area contributed by atoms with Gasteiger partial charge in [-0.05, 0) is 18.2 Å². The van der Waals surface area contributed by atoms with Crippen molar-refractivity contribution >= 4 is 44.5 Å². The van der Waals surface area contributed by atoms with Gasteiger partial charge in [-0.25, -0.2) is 0 Å². The third-order valence-electron chi connectivity index (χ3n) is 2.13. The molecule has 76 valence electrons. The number of benzene rings is 1. The number of allylic oxidation sites excluding steroid dienone is 1. The number of halogens is 2. The van der Waals surface area contributed by atoms with Crippen LogP contribution in [0.2, 0.25) is 5.02 Å². The van der Waals surface area contributed by atoms with Crippen LogP contribution < -0.4 is 0 Å². The number of rotatable bonds is 2. The molecule has 0 atom stereocenters. The zero-order valence-corrected chi connectivity index (χ0v) is 10.3. The third kappa shape index (κ3) is 2.21. The summed E-state index contributed by atoms with van der Waals surface area (Å²) in [6, 6.07) is 7.76. The molecule has 2 rings (SSSR count). The van der Waals surface area contributed by atoms with Crippen molar-refractivity contribution in [3.05, 3.63) is 47.1 Å². The van der Waals surface area contributed by atoms with Gasteiger partial charge in [-0.3, -0.25) is 4.98 Å². The van der Waals surface area contributed by atoms with Crippen molar-refractivity contribution in [1.82, 2.24) is 4.98 Å². The molecule has 3 heteroatoms. The molecule has 0 aliphatic rings. The third-order valence-corrected chi connectivity index (χ3v) is 2.84. The van der Waals surface area contributed by atoms with Crippen molar-refractivity contribution in [2.45, 2.75) is 0 Å². The van der Waals surface area contributed by atoms with Crippen LogP contribution in [0.1, 0.15) is 5.56 Å². The lowest BCUT2D eigenvalue weighted by Gasteiger charge is -2.02. The first-order valence-corrected chi connectivity index (χ1v) is 6.08. The normalized spacial score (nSPS) is 11.3. The van der Waals surface area contributed by atoms with Gasteiger partial charge in [0.2, 0.25) is 0 Å². The molecule has 0 fully saturated rings. The monoisotopic (exact) mass is 281 g/mol. The van der Waals surface area contributed by atoms with E-state index in [0.717, 1.165) is 26.8 Å². The van der Waals surface area contributed by atoms with Crippen molar-refractivity contribution in [2.75, 3.05) is 5.33 Å². The number of pyridine rings is 1. The fourth-order valence-corrected chi connectivity index (χ4v) is 1.87. The molecule has 0 amide bonds. The molecule has 1 nitrogen and oxygen atoms in total. The molecule has 1 aromatic carbocycles. The highest BCUT2D eigenvalue weighted by atomic mass is 79.9. The zero-order valence-electron chi connectivity index (χ0n) is 7.95. The molecule has 0 N–H and O–H groups in total. The summed E-state index contributed by atoms with van der Waals surface area (Å²) in [6.07, 6.45) is 5.86. The summed E-state index contributed by atoms with van der Waals surface area (Å²) in [5.74, 6) is 0. The lowest BCUT2D eigenvalue weighted by Crippen LogP contribution is -1.83. The molecular weight excluding hydrogens is 273 g/mol. The first kappa shape index (κ1) is 10.7. The predicted molar refractivity (Wildman–Crippen MR) is 69.6 cm³/mol. The fourth-order valence-electron chi connectivity index (χ4n) is 1.47. The summed E-state index contributed by atoms with van der Waals surface area (Å²) in [5.41, 5.74) is 2.04. The number of nitrogens with zero attached hydrogens (tertiary/aromatic N) is 1. The van der Waals surface area contributed by atoms with E-state index in [0.29, 0.717) is 0 Å². The molecule has 0 spiro atoms. The highest BCUT2D eigenvalue weighted by Gasteiger charge is 2.02. The SMILES string of the molecule is Clc1ccc(/C=C/CBr)c2ncccc12. The van der Waals surface area contributed by atoms with Crippen LogP contribution in [0, 0.1) is 0 Å². The molecular formula is C12H9BrClN. The highest BCUT2D eigenvalue weighted by molar-refractivity contribution is 9.09. The molecule has 0 radical (unpaired) electrons. The highest BCUT2D eigenvalue weighted by Crippen LogP contribution is 2.25. The Balaban J connectivity index is 2.66. The van der Waals surface area contributed by atoms with Crippen LogP contribution in [0.5, 0.6) is 0 Å². The van der Waals surface area contributed by atoms with E-state index in [-0.39, 0.29) is 0 Å². The molecule has 0 aliphatic carbocycles. The number of hydrogen-bond donors (Lipinski definition) is 0. The van der Waals surface area contributed by atoms with Crippen molar-refractivity contribution in [1.29, 1.82) is 0 Å². The molecule has 0 bridgehead atoms. The van der Waals surface area contributed by atoms with Crippen molar-refractivity contribution < 1.29 is 0 Å².